The SMILES string of the molecule is CC(CN1Cc2ccccc2C1=O)OC(=O)C1Cc2ccc(Br)cc2C(=O)O1. The number of carbonyl (C=O) groups is 3. The summed E-state index contributed by atoms with van der Waals surface area (Å²) in [5, 5.41) is 0. The van der Waals surface area contributed by atoms with Crippen LogP contribution in [0.4, 0.5) is 0 Å². The van der Waals surface area contributed by atoms with E-state index in [-0.39, 0.29) is 18.9 Å². The molecular weight excluding hydrogens is 426 g/mol. The van der Waals surface area contributed by atoms with E-state index in [1.807, 2.05) is 24.3 Å². The van der Waals surface area contributed by atoms with Crippen LogP contribution in [0.2, 0.25) is 0 Å². The fraction of sp³-hybridized carbons (Fsp3) is 0.286. The van der Waals surface area contributed by atoms with Gasteiger partial charge in [-0.2, -0.15) is 0 Å². The van der Waals surface area contributed by atoms with Crippen LogP contribution in [0.1, 0.15) is 38.8 Å². The number of ether oxygens (including phenoxy) is 2. The summed E-state index contributed by atoms with van der Waals surface area (Å²) >= 11 is 3.32. The van der Waals surface area contributed by atoms with Crippen LogP contribution >= 0.6 is 15.9 Å². The highest BCUT2D eigenvalue weighted by Gasteiger charge is 2.34. The summed E-state index contributed by atoms with van der Waals surface area (Å²) in [5.41, 5.74) is 2.85. The molecule has 0 aromatic heterocycles. The monoisotopic (exact) mass is 443 g/mol. The number of hydrogen-bond donors (Lipinski definition) is 0. The molecule has 0 N–H and O–H groups in total. The van der Waals surface area contributed by atoms with E-state index in [0.717, 1.165) is 15.6 Å². The zero-order chi connectivity index (χ0) is 19.8. The largest absolute Gasteiger partial charge is 0.458 e. The number of hydrogen-bond acceptors (Lipinski definition) is 5. The van der Waals surface area contributed by atoms with E-state index >= 15 is 0 Å². The molecule has 7 heteroatoms. The number of rotatable bonds is 4. The maximum Gasteiger partial charge on any atom is 0.348 e. The first kappa shape index (κ1) is 18.7. The van der Waals surface area contributed by atoms with Gasteiger partial charge >= 0.3 is 11.9 Å². The molecule has 0 radical (unpaired) electrons. The van der Waals surface area contributed by atoms with Crippen LogP contribution in [0.5, 0.6) is 0 Å². The van der Waals surface area contributed by atoms with E-state index in [4.69, 9.17) is 9.47 Å². The van der Waals surface area contributed by atoms with Crippen molar-refractivity contribution in [2.75, 3.05) is 6.54 Å². The van der Waals surface area contributed by atoms with Gasteiger partial charge in [0, 0.05) is 23.0 Å². The van der Waals surface area contributed by atoms with Gasteiger partial charge in [0.1, 0.15) is 6.10 Å². The number of amides is 1. The Morgan fingerprint density at radius 2 is 2.00 bits per heavy atom. The van der Waals surface area contributed by atoms with Crippen LogP contribution in [0.3, 0.4) is 0 Å². The lowest BCUT2D eigenvalue weighted by Gasteiger charge is -2.26. The molecule has 0 spiro atoms. The predicted octanol–water partition coefficient (Wildman–Crippen LogP) is 3.12. The lowest BCUT2D eigenvalue weighted by Crippen LogP contribution is -2.40. The van der Waals surface area contributed by atoms with Crippen molar-refractivity contribution >= 4 is 33.8 Å². The van der Waals surface area contributed by atoms with Gasteiger partial charge in [-0.15, -0.1) is 0 Å². The quantitative estimate of drug-likeness (QED) is 0.678. The lowest BCUT2D eigenvalue weighted by atomic mass is 9.99. The van der Waals surface area contributed by atoms with Gasteiger partial charge in [0.2, 0.25) is 6.10 Å². The lowest BCUT2D eigenvalue weighted by molar-refractivity contribution is -0.159. The fourth-order valence-corrected chi connectivity index (χ4v) is 3.93. The summed E-state index contributed by atoms with van der Waals surface area (Å²) in [5.74, 6) is -1.21. The minimum Gasteiger partial charge on any atom is -0.458 e. The molecule has 2 atom stereocenters. The zero-order valence-corrected chi connectivity index (χ0v) is 16.8. The molecule has 0 aliphatic carbocycles. The van der Waals surface area contributed by atoms with Gasteiger partial charge in [-0.05, 0) is 36.2 Å². The topological polar surface area (TPSA) is 72.9 Å². The molecule has 28 heavy (non-hydrogen) atoms. The third-order valence-electron chi connectivity index (χ3n) is 4.90. The van der Waals surface area contributed by atoms with E-state index < -0.39 is 24.1 Å². The maximum absolute atomic E-state index is 12.5. The Kier molecular flexibility index (Phi) is 4.93. The number of fused-ring (bicyclic) bond motifs is 2. The zero-order valence-electron chi connectivity index (χ0n) is 15.2. The molecule has 2 aliphatic heterocycles. The van der Waals surface area contributed by atoms with Crippen LogP contribution in [0, 0.1) is 0 Å². The van der Waals surface area contributed by atoms with Gasteiger partial charge in [-0.25, -0.2) is 9.59 Å². The van der Waals surface area contributed by atoms with Gasteiger partial charge in [0.05, 0.1) is 12.1 Å². The second-order valence-electron chi connectivity index (χ2n) is 6.99. The summed E-state index contributed by atoms with van der Waals surface area (Å²) in [6, 6.07) is 12.7. The molecule has 144 valence electrons. The maximum atomic E-state index is 12.5. The average molecular weight is 444 g/mol. The average Bonchev–Trinajstić information content (AvgIpc) is 2.98. The molecule has 6 nitrogen and oxygen atoms in total. The minimum absolute atomic E-state index is 0.0675. The Bertz CT molecular complexity index is 973. The van der Waals surface area contributed by atoms with E-state index in [9.17, 15) is 14.4 Å². The fourth-order valence-electron chi connectivity index (χ4n) is 3.57. The van der Waals surface area contributed by atoms with Crippen LogP contribution < -0.4 is 0 Å². The second-order valence-corrected chi connectivity index (χ2v) is 7.91. The Morgan fingerprint density at radius 3 is 2.79 bits per heavy atom. The first-order chi connectivity index (χ1) is 13.4. The van der Waals surface area contributed by atoms with Gasteiger partial charge in [0.15, 0.2) is 0 Å². The van der Waals surface area contributed by atoms with Crippen molar-refractivity contribution in [3.63, 3.8) is 0 Å². The summed E-state index contributed by atoms with van der Waals surface area (Å²) in [6.07, 6.45) is -1.22. The molecule has 2 heterocycles. The van der Waals surface area contributed by atoms with E-state index in [0.29, 0.717) is 17.7 Å². The van der Waals surface area contributed by atoms with E-state index in [2.05, 4.69) is 15.9 Å². The molecule has 2 aromatic rings. The molecule has 2 aromatic carbocycles. The number of esters is 2. The third kappa shape index (κ3) is 3.54. The van der Waals surface area contributed by atoms with Crippen LogP contribution in [-0.4, -0.2) is 41.5 Å². The van der Waals surface area contributed by atoms with Crippen molar-refractivity contribution < 1.29 is 23.9 Å². The number of carbonyl (C=O) groups excluding carboxylic acids is 3. The molecule has 0 saturated carbocycles. The normalized spacial score (nSPS) is 18.9. The third-order valence-corrected chi connectivity index (χ3v) is 5.39. The van der Waals surface area contributed by atoms with Crippen molar-refractivity contribution in [2.24, 2.45) is 0 Å². The van der Waals surface area contributed by atoms with Gasteiger partial charge in [-0.3, -0.25) is 4.79 Å². The molecule has 4 rings (SSSR count). The van der Waals surface area contributed by atoms with Gasteiger partial charge in [-0.1, -0.05) is 40.2 Å². The predicted molar refractivity (Wildman–Crippen MR) is 104 cm³/mol. The van der Waals surface area contributed by atoms with Crippen molar-refractivity contribution in [3.05, 3.63) is 69.2 Å². The van der Waals surface area contributed by atoms with Crippen molar-refractivity contribution in [1.82, 2.24) is 4.90 Å². The van der Waals surface area contributed by atoms with Crippen molar-refractivity contribution in [3.8, 4) is 0 Å². The summed E-state index contributed by atoms with van der Waals surface area (Å²) in [6.45, 7) is 2.50. The van der Waals surface area contributed by atoms with Crippen LogP contribution in [-0.2, 0) is 27.2 Å². The first-order valence-electron chi connectivity index (χ1n) is 8.99. The molecular formula is C21H18BrNO5. The first-order valence-corrected chi connectivity index (χ1v) is 9.79. The standard InChI is InChI=1S/C21H18BrNO5/c1-12(10-23-11-14-4-2-3-5-16(14)19(23)24)27-21(26)18-8-13-6-7-15(22)9-17(13)20(25)28-18/h2-7,9,12,18H,8,10-11H2,1H3. The molecule has 0 saturated heterocycles. The van der Waals surface area contributed by atoms with Crippen molar-refractivity contribution in [2.45, 2.75) is 32.1 Å². The van der Waals surface area contributed by atoms with Gasteiger partial charge in [0.25, 0.3) is 5.91 Å². The minimum atomic E-state index is -0.977. The van der Waals surface area contributed by atoms with Crippen molar-refractivity contribution in [1.29, 1.82) is 0 Å². The Labute approximate surface area is 170 Å². The smallest absolute Gasteiger partial charge is 0.348 e. The van der Waals surface area contributed by atoms with Gasteiger partial charge < -0.3 is 14.4 Å². The highest BCUT2D eigenvalue weighted by molar-refractivity contribution is 9.10. The molecule has 0 fully saturated rings. The molecule has 1 amide bonds. The molecule has 2 unspecified atom stereocenters. The number of benzene rings is 2. The Morgan fingerprint density at radius 1 is 1.21 bits per heavy atom. The Balaban J connectivity index is 1.37. The summed E-state index contributed by atoms with van der Waals surface area (Å²) in [7, 11) is 0. The number of nitrogens with zero attached hydrogens (tertiary/aromatic N) is 1. The van der Waals surface area contributed by atoms with E-state index in [1.54, 1.807) is 30.0 Å². The van der Waals surface area contributed by atoms with Crippen LogP contribution in [0.15, 0.2) is 46.9 Å². The molecule has 0 bridgehead atoms. The summed E-state index contributed by atoms with van der Waals surface area (Å²) in [4.78, 5) is 38.8. The number of halogens is 1. The summed E-state index contributed by atoms with van der Waals surface area (Å²) < 4.78 is 11.5. The molecule has 2 aliphatic rings. The van der Waals surface area contributed by atoms with Crippen LogP contribution in [0.25, 0.3) is 0 Å². The highest BCUT2D eigenvalue weighted by Crippen LogP contribution is 2.26. The van der Waals surface area contributed by atoms with E-state index in [1.165, 1.54) is 0 Å². The second kappa shape index (κ2) is 7.39. The number of cyclic esters (lactones) is 1. The Hall–Kier alpha value is -2.67. The highest BCUT2D eigenvalue weighted by atomic mass is 79.9.